The van der Waals surface area contributed by atoms with Crippen LogP contribution < -0.4 is 5.32 Å². The van der Waals surface area contributed by atoms with E-state index in [-0.39, 0.29) is 23.3 Å². The van der Waals surface area contributed by atoms with Crippen LogP contribution in [0.15, 0.2) is 30.6 Å². The van der Waals surface area contributed by atoms with Crippen molar-refractivity contribution in [2.75, 3.05) is 0 Å². The van der Waals surface area contributed by atoms with Crippen LogP contribution in [-0.2, 0) is 0 Å². The van der Waals surface area contributed by atoms with Gasteiger partial charge in [0, 0.05) is 12.4 Å². The third-order valence-electron chi connectivity index (χ3n) is 2.76. The van der Waals surface area contributed by atoms with Crippen molar-refractivity contribution in [1.29, 1.82) is 0 Å². The number of phenolic OH excluding ortho intramolecular Hbond substituents is 1. The highest BCUT2D eigenvalue weighted by atomic mass is 35.5. The number of H-pyrrole nitrogens is 1. The fourth-order valence-corrected chi connectivity index (χ4v) is 1.96. The van der Waals surface area contributed by atoms with E-state index >= 15 is 0 Å². The SMILES string of the molecule is CCC(NC(=O)c1cc(O)ccc1Cl)c1ncc[nH]1. The maximum atomic E-state index is 12.1. The van der Waals surface area contributed by atoms with Crippen molar-refractivity contribution in [1.82, 2.24) is 15.3 Å². The molecule has 1 aromatic carbocycles. The first-order valence-corrected chi connectivity index (χ1v) is 6.28. The van der Waals surface area contributed by atoms with E-state index in [2.05, 4.69) is 15.3 Å². The number of phenols is 1. The molecule has 5 nitrogen and oxygen atoms in total. The molecule has 1 atom stereocenters. The maximum Gasteiger partial charge on any atom is 0.253 e. The summed E-state index contributed by atoms with van der Waals surface area (Å²) in [4.78, 5) is 19.2. The molecule has 1 heterocycles. The Bertz CT molecular complexity index is 569. The van der Waals surface area contributed by atoms with Crippen molar-refractivity contribution >= 4 is 17.5 Å². The fourth-order valence-electron chi connectivity index (χ4n) is 1.76. The number of benzene rings is 1. The van der Waals surface area contributed by atoms with Gasteiger partial charge in [0.25, 0.3) is 5.91 Å². The smallest absolute Gasteiger partial charge is 0.253 e. The number of halogens is 1. The van der Waals surface area contributed by atoms with Crippen LogP contribution >= 0.6 is 11.6 Å². The molecule has 2 aromatic rings. The molecule has 1 aromatic heterocycles. The van der Waals surface area contributed by atoms with Gasteiger partial charge < -0.3 is 15.4 Å². The molecule has 0 saturated carbocycles. The molecule has 0 bridgehead atoms. The van der Waals surface area contributed by atoms with Crippen molar-refractivity contribution in [3.05, 3.63) is 47.0 Å². The molecular weight excluding hydrogens is 266 g/mol. The molecule has 0 fully saturated rings. The molecular formula is C13H14ClN3O2. The number of carbonyl (C=O) groups excluding carboxylic acids is 1. The topological polar surface area (TPSA) is 78.0 Å². The maximum absolute atomic E-state index is 12.1. The minimum absolute atomic E-state index is 0.000553. The van der Waals surface area contributed by atoms with E-state index in [0.717, 1.165) is 0 Å². The predicted octanol–water partition coefficient (Wildman–Crippen LogP) is 2.65. The Kier molecular flexibility index (Phi) is 4.06. The predicted molar refractivity (Wildman–Crippen MR) is 72.2 cm³/mol. The lowest BCUT2D eigenvalue weighted by molar-refractivity contribution is 0.0933. The van der Waals surface area contributed by atoms with Crippen LogP contribution in [0.3, 0.4) is 0 Å². The number of aromatic nitrogens is 2. The zero-order chi connectivity index (χ0) is 13.8. The molecule has 3 N–H and O–H groups in total. The number of hydrogen-bond acceptors (Lipinski definition) is 3. The fraction of sp³-hybridized carbons (Fsp3) is 0.231. The largest absolute Gasteiger partial charge is 0.508 e. The van der Waals surface area contributed by atoms with Crippen molar-refractivity contribution in [3.8, 4) is 5.75 Å². The highest BCUT2D eigenvalue weighted by molar-refractivity contribution is 6.33. The van der Waals surface area contributed by atoms with Crippen molar-refractivity contribution in [2.24, 2.45) is 0 Å². The summed E-state index contributed by atoms with van der Waals surface area (Å²) in [6.45, 7) is 1.94. The monoisotopic (exact) mass is 279 g/mol. The van der Waals surface area contributed by atoms with Gasteiger partial charge in [-0.2, -0.15) is 0 Å². The van der Waals surface area contributed by atoms with Crippen LogP contribution in [0.1, 0.15) is 35.6 Å². The second-order valence-corrected chi connectivity index (χ2v) is 4.48. The highest BCUT2D eigenvalue weighted by Crippen LogP contribution is 2.22. The molecule has 0 aliphatic rings. The van der Waals surface area contributed by atoms with Gasteiger partial charge in [-0.25, -0.2) is 4.98 Å². The summed E-state index contributed by atoms with van der Waals surface area (Å²) < 4.78 is 0. The molecule has 1 unspecified atom stereocenters. The molecule has 1 amide bonds. The lowest BCUT2D eigenvalue weighted by Crippen LogP contribution is -2.29. The minimum atomic E-state index is -0.343. The number of nitrogens with one attached hydrogen (secondary N) is 2. The number of imidazole rings is 1. The molecule has 2 rings (SSSR count). The molecule has 6 heteroatoms. The average Bonchev–Trinajstić information content (AvgIpc) is 2.92. The van der Waals surface area contributed by atoms with Crippen LogP contribution in [-0.4, -0.2) is 21.0 Å². The first kappa shape index (κ1) is 13.4. The van der Waals surface area contributed by atoms with E-state index in [1.807, 2.05) is 6.92 Å². The normalized spacial score (nSPS) is 12.1. The Labute approximate surface area is 115 Å². The van der Waals surface area contributed by atoms with Gasteiger partial charge in [0.2, 0.25) is 0 Å². The van der Waals surface area contributed by atoms with Crippen LogP contribution in [0.25, 0.3) is 0 Å². The van der Waals surface area contributed by atoms with Gasteiger partial charge in [0.15, 0.2) is 0 Å². The van der Waals surface area contributed by atoms with Crippen LogP contribution in [0.4, 0.5) is 0 Å². The number of carbonyl (C=O) groups is 1. The molecule has 0 radical (unpaired) electrons. The van der Waals surface area contributed by atoms with Gasteiger partial charge in [0.1, 0.15) is 11.6 Å². The number of hydrogen-bond donors (Lipinski definition) is 3. The lowest BCUT2D eigenvalue weighted by Gasteiger charge is -2.15. The molecule has 19 heavy (non-hydrogen) atoms. The van der Waals surface area contributed by atoms with Crippen molar-refractivity contribution in [3.63, 3.8) is 0 Å². The molecule has 0 aliphatic heterocycles. The second kappa shape index (κ2) is 5.75. The van der Waals surface area contributed by atoms with E-state index in [1.54, 1.807) is 12.4 Å². The second-order valence-electron chi connectivity index (χ2n) is 4.07. The summed E-state index contributed by atoms with van der Waals surface area (Å²) >= 11 is 5.95. The number of aromatic hydroxyl groups is 1. The summed E-state index contributed by atoms with van der Waals surface area (Å²) in [6.07, 6.45) is 4.02. The number of aromatic amines is 1. The Morgan fingerprint density at radius 3 is 3.00 bits per heavy atom. The molecule has 0 aliphatic carbocycles. The summed E-state index contributed by atoms with van der Waals surface area (Å²) in [5, 5.41) is 12.5. The zero-order valence-corrected chi connectivity index (χ0v) is 11.1. The number of amides is 1. The zero-order valence-electron chi connectivity index (χ0n) is 10.4. The van der Waals surface area contributed by atoms with Crippen LogP contribution in [0, 0.1) is 0 Å². The van der Waals surface area contributed by atoms with Crippen LogP contribution in [0.2, 0.25) is 5.02 Å². The van der Waals surface area contributed by atoms with Crippen LogP contribution in [0.5, 0.6) is 5.75 Å². The van der Waals surface area contributed by atoms with Gasteiger partial charge in [-0.3, -0.25) is 4.79 Å². The van der Waals surface area contributed by atoms with Gasteiger partial charge in [-0.05, 0) is 24.6 Å². The van der Waals surface area contributed by atoms with Crippen molar-refractivity contribution in [2.45, 2.75) is 19.4 Å². The average molecular weight is 280 g/mol. The Morgan fingerprint density at radius 1 is 1.58 bits per heavy atom. The quantitative estimate of drug-likeness (QED) is 0.805. The minimum Gasteiger partial charge on any atom is -0.508 e. The molecule has 0 saturated heterocycles. The third-order valence-corrected chi connectivity index (χ3v) is 3.09. The first-order valence-electron chi connectivity index (χ1n) is 5.90. The summed E-state index contributed by atoms with van der Waals surface area (Å²) in [6, 6.07) is 4.04. The highest BCUT2D eigenvalue weighted by Gasteiger charge is 2.18. The van der Waals surface area contributed by atoms with Gasteiger partial charge in [0.05, 0.1) is 16.6 Å². The van der Waals surface area contributed by atoms with E-state index < -0.39 is 0 Å². The van der Waals surface area contributed by atoms with E-state index in [1.165, 1.54) is 18.2 Å². The molecule has 0 spiro atoms. The summed E-state index contributed by atoms with van der Waals surface area (Å²) in [5.74, 6) is 0.344. The first-order chi connectivity index (χ1) is 9.11. The lowest BCUT2D eigenvalue weighted by atomic mass is 10.1. The summed E-state index contributed by atoms with van der Waals surface area (Å²) in [5.41, 5.74) is 0.242. The number of rotatable bonds is 4. The van der Waals surface area contributed by atoms with E-state index in [0.29, 0.717) is 17.3 Å². The van der Waals surface area contributed by atoms with E-state index in [4.69, 9.17) is 11.6 Å². The summed E-state index contributed by atoms with van der Waals surface area (Å²) in [7, 11) is 0. The third kappa shape index (κ3) is 3.06. The molecule has 100 valence electrons. The Hall–Kier alpha value is -2.01. The Morgan fingerprint density at radius 2 is 2.37 bits per heavy atom. The standard InChI is InChI=1S/C13H14ClN3O2/c1-2-11(12-15-5-6-16-12)17-13(19)9-7-8(18)3-4-10(9)14/h3-7,11,18H,2H2,1H3,(H,15,16)(H,17,19). The number of nitrogens with zero attached hydrogens (tertiary/aromatic N) is 1. The van der Waals surface area contributed by atoms with Crippen molar-refractivity contribution < 1.29 is 9.90 Å². The van der Waals surface area contributed by atoms with Gasteiger partial charge >= 0.3 is 0 Å². The van der Waals surface area contributed by atoms with E-state index in [9.17, 15) is 9.90 Å². The van der Waals surface area contributed by atoms with Gasteiger partial charge in [-0.1, -0.05) is 18.5 Å². The van der Waals surface area contributed by atoms with Gasteiger partial charge in [-0.15, -0.1) is 0 Å². The Balaban J connectivity index is 2.18.